The molecule has 0 saturated carbocycles. The molecule has 1 aromatic carbocycles. The molecule has 6 heteroatoms. The Morgan fingerprint density at radius 1 is 1.29 bits per heavy atom. The van der Waals surface area contributed by atoms with Crippen molar-refractivity contribution in [1.82, 2.24) is 0 Å². The second-order valence-corrected chi connectivity index (χ2v) is 7.87. The summed E-state index contributed by atoms with van der Waals surface area (Å²) in [6.07, 6.45) is 0.537. The van der Waals surface area contributed by atoms with E-state index >= 15 is 0 Å². The molecule has 1 rings (SSSR count). The van der Waals surface area contributed by atoms with Gasteiger partial charge in [0.05, 0.1) is 28.4 Å². The quantitative estimate of drug-likeness (QED) is 0.872. The number of aromatic carboxylic acids is 1. The number of hydrogen-bond donors (Lipinski definition) is 1. The van der Waals surface area contributed by atoms with Crippen LogP contribution in [-0.4, -0.2) is 37.5 Å². The lowest BCUT2D eigenvalue weighted by Gasteiger charge is -2.19. The van der Waals surface area contributed by atoms with Crippen LogP contribution in [0.2, 0.25) is 0 Å². The predicted molar refractivity (Wildman–Crippen MR) is 80.5 cm³/mol. The van der Waals surface area contributed by atoms with Crippen LogP contribution >= 0.6 is 0 Å². The van der Waals surface area contributed by atoms with Gasteiger partial charge in [0.25, 0.3) is 0 Å². The van der Waals surface area contributed by atoms with E-state index in [2.05, 4.69) is 0 Å². The molecule has 0 bridgehead atoms. The van der Waals surface area contributed by atoms with E-state index in [1.165, 1.54) is 12.1 Å². The molecule has 0 unspecified atom stereocenters. The third-order valence-electron chi connectivity index (χ3n) is 2.94. The van der Waals surface area contributed by atoms with Crippen LogP contribution in [0.5, 0.6) is 0 Å². The number of carboxylic acid groups (broad SMARTS) is 1. The third-order valence-corrected chi connectivity index (χ3v) is 4.62. The molecule has 0 saturated heterocycles. The Morgan fingerprint density at radius 3 is 2.38 bits per heavy atom. The van der Waals surface area contributed by atoms with E-state index < -0.39 is 21.4 Å². The minimum Gasteiger partial charge on any atom is -0.478 e. The first kappa shape index (κ1) is 17.7. The highest BCUT2D eigenvalue weighted by molar-refractivity contribution is 7.91. The summed E-state index contributed by atoms with van der Waals surface area (Å²) < 4.78 is 29.9. The van der Waals surface area contributed by atoms with Gasteiger partial charge in [0.1, 0.15) is 0 Å². The average Bonchev–Trinajstić information content (AvgIpc) is 2.35. The molecule has 0 atom stereocenters. The van der Waals surface area contributed by atoms with Gasteiger partial charge in [-0.25, -0.2) is 13.2 Å². The molecule has 1 aromatic rings. The van der Waals surface area contributed by atoms with Gasteiger partial charge in [-0.2, -0.15) is 0 Å². The first-order valence-electron chi connectivity index (χ1n) is 6.80. The fourth-order valence-electron chi connectivity index (χ4n) is 1.83. The van der Waals surface area contributed by atoms with E-state index in [4.69, 9.17) is 9.84 Å². The molecular weight excluding hydrogens is 292 g/mol. The van der Waals surface area contributed by atoms with Crippen molar-refractivity contribution in [2.24, 2.45) is 0 Å². The van der Waals surface area contributed by atoms with Gasteiger partial charge < -0.3 is 9.84 Å². The second kappa shape index (κ2) is 6.58. The number of carbonyl (C=O) groups is 1. The fourth-order valence-corrected chi connectivity index (χ4v) is 2.94. The predicted octanol–water partition coefficient (Wildman–Crippen LogP) is 2.54. The summed E-state index contributed by atoms with van der Waals surface area (Å²) in [4.78, 5) is 11.2. The molecule has 21 heavy (non-hydrogen) atoms. The lowest BCUT2D eigenvalue weighted by molar-refractivity contribution is 0.00644. The average molecular weight is 314 g/mol. The summed E-state index contributed by atoms with van der Waals surface area (Å²) in [5.41, 5.74) is 0.246. The molecule has 1 N–H and O–H groups in total. The lowest BCUT2D eigenvalue weighted by atomic mass is 10.1. The molecule has 5 nitrogen and oxygen atoms in total. The van der Waals surface area contributed by atoms with E-state index in [1.807, 2.05) is 27.7 Å². The van der Waals surface area contributed by atoms with Crippen LogP contribution in [0.1, 0.15) is 43.6 Å². The van der Waals surface area contributed by atoms with Crippen molar-refractivity contribution >= 4 is 15.8 Å². The Balaban J connectivity index is 2.99. The molecule has 0 amide bonds. The lowest BCUT2D eigenvalue weighted by Crippen LogP contribution is -2.23. The summed E-state index contributed by atoms with van der Waals surface area (Å²) >= 11 is 0. The maximum atomic E-state index is 12.2. The molecule has 118 valence electrons. The fraction of sp³-hybridized carbons (Fsp3) is 0.533. The first-order chi connectivity index (χ1) is 9.57. The van der Waals surface area contributed by atoms with Gasteiger partial charge in [-0.1, -0.05) is 13.0 Å². The number of benzene rings is 1. The maximum Gasteiger partial charge on any atom is 0.336 e. The van der Waals surface area contributed by atoms with Crippen LogP contribution in [0, 0.1) is 0 Å². The van der Waals surface area contributed by atoms with Crippen molar-refractivity contribution in [3.05, 3.63) is 29.3 Å². The van der Waals surface area contributed by atoms with Gasteiger partial charge >= 0.3 is 5.97 Å². The van der Waals surface area contributed by atoms with E-state index in [0.29, 0.717) is 12.0 Å². The van der Waals surface area contributed by atoms with Crippen LogP contribution in [0.25, 0.3) is 0 Å². The van der Waals surface area contributed by atoms with Crippen LogP contribution in [0.3, 0.4) is 0 Å². The first-order valence-corrected chi connectivity index (χ1v) is 8.45. The number of aryl methyl sites for hydroxylation is 1. The van der Waals surface area contributed by atoms with Gasteiger partial charge in [-0.15, -0.1) is 0 Å². The van der Waals surface area contributed by atoms with E-state index in [9.17, 15) is 13.2 Å². The highest BCUT2D eigenvalue weighted by Gasteiger charge is 2.20. The van der Waals surface area contributed by atoms with Crippen molar-refractivity contribution in [2.45, 2.75) is 44.6 Å². The number of hydrogen-bond acceptors (Lipinski definition) is 4. The standard InChI is InChI=1S/C15H22O5S/c1-5-11-6-7-12(10-13(11)14(16)17)21(18,19)9-8-20-15(2,3)4/h6-7,10H,5,8-9H2,1-4H3,(H,16,17). The Kier molecular flexibility index (Phi) is 5.53. The molecule has 0 aliphatic rings. The molecule has 0 spiro atoms. The number of sulfone groups is 1. The zero-order valence-corrected chi connectivity index (χ0v) is 13.7. The molecule has 0 fully saturated rings. The van der Waals surface area contributed by atoms with Crippen LogP contribution < -0.4 is 0 Å². The smallest absolute Gasteiger partial charge is 0.336 e. The van der Waals surface area contributed by atoms with Gasteiger partial charge in [-0.05, 0) is 44.9 Å². The molecule has 0 radical (unpaired) electrons. The highest BCUT2D eigenvalue weighted by Crippen LogP contribution is 2.19. The zero-order chi connectivity index (χ0) is 16.3. The SMILES string of the molecule is CCc1ccc(S(=O)(=O)CCOC(C)(C)C)cc1C(=O)O. The monoisotopic (exact) mass is 314 g/mol. The van der Waals surface area contributed by atoms with E-state index in [1.54, 1.807) is 6.07 Å². The van der Waals surface area contributed by atoms with Gasteiger partial charge in [0.2, 0.25) is 0 Å². The summed E-state index contributed by atoms with van der Waals surface area (Å²) in [6.45, 7) is 7.44. The Bertz CT molecular complexity index is 611. The van der Waals surface area contributed by atoms with Crippen molar-refractivity contribution in [3.63, 3.8) is 0 Å². The number of carboxylic acids is 1. The Labute approximate surface area is 125 Å². The molecule has 0 aliphatic carbocycles. The molecule has 0 heterocycles. The Morgan fingerprint density at radius 2 is 1.90 bits per heavy atom. The van der Waals surface area contributed by atoms with Gasteiger partial charge in [0.15, 0.2) is 9.84 Å². The van der Waals surface area contributed by atoms with Crippen molar-refractivity contribution in [1.29, 1.82) is 0 Å². The van der Waals surface area contributed by atoms with Crippen LogP contribution in [0.15, 0.2) is 23.1 Å². The van der Waals surface area contributed by atoms with Crippen LogP contribution in [-0.2, 0) is 21.0 Å². The molecule has 0 aromatic heterocycles. The maximum absolute atomic E-state index is 12.2. The Hall–Kier alpha value is -1.40. The molecule has 0 aliphatic heterocycles. The largest absolute Gasteiger partial charge is 0.478 e. The van der Waals surface area contributed by atoms with E-state index in [-0.39, 0.29) is 22.8 Å². The highest BCUT2D eigenvalue weighted by atomic mass is 32.2. The normalized spacial score (nSPS) is 12.4. The topological polar surface area (TPSA) is 80.7 Å². The number of ether oxygens (including phenoxy) is 1. The van der Waals surface area contributed by atoms with Crippen LogP contribution in [0.4, 0.5) is 0 Å². The summed E-state index contributed by atoms with van der Waals surface area (Å²) in [6, 6.07) is 4.24. The molecular formula is C15H22O5S. The van der Waals surface area contributed by atoms with Crippen molar-refractivity contribution in [2.75, 3.05) is 12.4 Å². The minimum absolute atomic E-state index is 0.0228. The van der Waals surface area contributed by atoms with E-state index in [0.717, 1.165) is 0 Å². The summed E-state index contributed by atoms with van der Waals surface area (Å²) in [7, 11) is -3.55. The van der Waals surface area contributed by atoms with Gasteiger partial charge in [-0.3, -0.25) is 0 Å². The summed E-state index contributed by atoms with van der Waals surface area (Å²) in [5.74, 6) is -1.29. The second-order valence-electron chi connectivity index (χ2n) is 5.76. The third kappa shape index (κ3) is 5.13. The zero-order valence-electron chi connectivity index (χ0n) is 12.8. The van der Waals surface area contributed by atoms with Crippen molar-refractivity contribution in [3.8, 4) is 0 Å². The minimum atomic E-state index is -3.55. The number of rotatable bonds is 6. The van der Waals surface area contributed by atoms with Crippen molar-refractivity contribution < 1.29 is 23.1 Å². The summed E-state index contributed by atoms with van der Waals surface area (Å²) in [5, 5.41) is 9.15. The van der Waals surface area contributed by atoms with Gasteiger partial charge in [0, 0.05) is 0 Å².